The molecule has 0 aromatic carbocycles. The van der Waals surface area contributed by atoms with Gasteiger partial charge in [-0.1, -0.05) is 0 Å². The summed E-state index contributed by atoms with van der Waals surface area (Å²) < 4.78 is 1.45. The van der Waals surface area contributed by atoms with Gasteiger partial charge in [0.1, 0.15) is 0 Å². The number of aromatic nitrogens is 1. The van der Waals surface area contributed by atoms with Gasteiger partial charge in [-0.05, 0) is 20.0 Å². The van der Waals surface area contributed by atoms with E-state index in [1.807, 2.05) is 0 Å². The molecule has 1 amide bonds. The molecule has 0 aliphatic heterocycles. The zero-order chi connectivity index (χ0) is 11.4. The van der Waals surface area contributed by atoms with Crippen LogP contribution >= 0.6 is 12.4 Å². The Bertz CT molecular complexity index is 402. The molecule has 1 aromatic rings. The average molecular weight is 246 g/mol. The Morgan fingerprint density at radius 2 is 2.12 bits per heavy atom. The molecular formula is C10H16ClN3O2. The van der Waals surface area contributed by atoms with E-state index in [0.717, 1.165) is 0 Å². The predicted octanol–water partition coefficient (Wildman–Crippen LogP) is 0.273. The molecule has 0 saturated carbocycles. The first-order valence-electron chi connectivity index (χ1n) is 4.66. The minimum Gasteiger partial charge on any atom is -0.324 e. The number of nitrogens with zero attached hydrogens (tertiary/aromatic N) is 1. The number of likely N-dealkylation sites (N-methyl/N-ethyl adjacent to an activating group) is 1. The summed E-state index contributed by atoms with van der Waals surface area (Å²) in [4.78, 5) is 22.6. The number of carbonyl (C=O) groups is 1. The summed E-state index contributed by atoms with van der Waals surface area (Å²) in [7, 11) is 3.36. The third kappa shape index (κ3) is 3.67. The number of aryl methyl sites for hydroxylation is 2. The van der Waals surface area contributed by atoms with Crippen molar-refractivity contribution in [3.8, 4) is 0 Å². The van der Waals surface area contributed by atoms with Crippen molar-refractivity contribution in [3.63, 3.8) is 0 Å². The minimum atomic E-state index is -0.129. The van der Waals surface area contributed by atoms with Crippen LogP contribution in [0.15, 0.2) is 17.1 Å². The second-order valence-electron chi connectivity index (χ2n) is 3.41. The first-order chi connectivity index (χ1) is 7.04. The lowest BCUT2D eigenvalue weighted by Crippen LogP contribution is -2.26. The highest BCUT2D eigenvalue weighted by atomic mass is 35.5. The third-order valence-electron chi connectivity index (χ3n) is 1.98. The number of anilines is 1. The van der Waals surface area contributed by atoms with E-state index >= 15 is 0 Å². The van der Waals surface area contributed by atoms with Crippen LogP contribution in [0.3, 0.4) is 0 Å². The minimum absolute atomic E-state index is 0. The summed E-state index contributed by atoms with van der Waals surface area (Å²) in [6.45, 7) is 1.97. The SMILES string of the molecule is CNCC(=O)Nc1cc(C)c(=O)n(C)c1.Cl. The molecule has 16 heavy (non-hydrogen) atoms. The van der Waals surface area contributed by atoms with Crippen molar-refractivity contribution in [2.45, 2.75) is 6.92 Å². The topological polar surface area (TPSA) is 63.1 Å². The molecule has 90 valence electrons. The fraction of sp³-hybridized carbons (Fsp3) is 0.400. The summed E-state index contributed by atoms with van der Waals surface area (Å²) in [6.07, 6.45) is 1.60. The zero-order valence-electron chi connectivity index (χ0n) is 9.53. The van der Waals surface area contributed by atoms with Crippen molar-refractivity contribution in [2.24, 2.45) is 7.05 Å². The highest BCUT2D eigenvalue weighted by Gasteiger charge is 2.03. The van der Waals surface area contributed by atoms with Crippen LogP contribution in [0.25, 0.3) is 0 Å². The zero-order valence-corrected chi connectivity index (χ0v) is 10.4. The maximum Gasteiger partial charge on any atom is 0.253 e. The molecule has 0 aliphatic carbocycles. The summed E-state index contributed by atoms with van der Waals surface area (Å²) in [5, 5.41) is 5.44. The van der Waals surface area contributed by atoms with Crippen LogP contribution in [-0.4, -0.2) is 24.1 Å². The number of nitrogens with one attached hydrogen (secondary N) is 2. The van der Waals surface area contributed by atoms with Gasteiger partial charge in [0.05, 0.1) is 12.2 Å². The second-order valence-corrected chi connectivity index (χ2v) is 3.41. The molecule has 0 spiro atoms. The number of hydrogen-bond donors (Lipinski definition) is 2. The van der Waals surface area contributed by atoms with E-state index in [1.165, 1.54) is 4.57 Å². The smallest absolute Gasteiger partial charge is 0.253 e. The second kappa shape index (κ2) is 6.30. The Labute approximate surface area is 100 Å². The molecular weight excluding hydrogens is 230 g/mol. The Morgan fingerprint density at radius 1 is 1.50 bits per heavy atom. The Kier molecular flexibility index (Phi) is 5.77. The van der Waals surface area contributed by atoms with Gasteiger partial charge in [-0.2, -0.15) is 0 Å². The van der Waals surface area contributed by atoms with E-state index in [2.05, 4.69) is 10.6 Å². The summed E-state index contributed by atoms with van der Waals surface area (Å²) in [6, 6.07) is 1.66. The van der Waals surface area contributed by atoms with E-state index in [-0.39, 0.29) is 30.4 Å². The molecule has 1 heterocycles. The van der Waals surface area contributed by atoms with E-state index in [1.54, 1.807) is 33.3 Å². The van der Waals surface area contributed by atoms with E-state index in [9.17, 15) is 9.59 Å². The van der Waals surface area contributed by atoms with Crippen molar-refractivity contribution < 1.29 is 4.79 Å². The van der Waals surface area contributed by atoms with Crippen LogP contribution in [0, 0.1) is 6.92 Å². The molecule has 0 fully saturated rings. The van der Waals surface area contributed by atoms with Crippen molar-refractivity contribution in [2.75, 3.05) is 18.9 Å². The van der Waals surface area contributed by atoms with Crippen molar-refractivity contribution in [1.29, 1.82) is 0 Å². The van der Waals surface area contributed by atoms with Gasteiger partial charge in [0, 0.05) is 18.8 Å². The Hall–Kier alpha value is -1.33. The normalized spacial score (nSPS) is 9.44. The van der Waals surface area contributed by atoms with Gasteiger partial charge in [0.25, 0.3) is 5.56 Å². The molecule has 0 radical (unpaired) electrons. The Morgan fingerprint density at radius 3 is 2.62 bits per heavy atom. The van der Waals surface area contributed by atoms with Crippen molar-refractivity contribution >= 4 is 24.0 Å². The van der Waals surface area contributed by atoms with Gasteiger partial charge in [-0.3, -0.25) is 9.59 Å². The maximum absolute atomic E-state index is 11.4. The van der Waals surface area contributed by atoms with Gasteiger partial charge in [-0.25, -0.2) is 0 Å². The molecule has 2 N–H and O–H groups in total. The summed E-state index contributed by atoms with van der Waals surface area (Å²) in [5.74, 6) is -0.129. The molecule has 0 atom stereocenters. The number of amides is 1. The van der Waals surface area contributed by atoms with Gasteiger partial charge < -0.3 is 15.2 Å². The highest BCUT2D eigenvalue weighted by molar-refractivity contribution is 5.92. The van der Waals surface area contributed by atoms with Gasteiger partial charge in [0.15, 0.2) is 0 Å². The summed E-state index contributed by atoms with van der Waals surface area (Å²) in [5.41, 5.74) is 1.19. The molecule has 6 heteroatoms. The highest BCUT2D eigenvalue weighted by Crippen LogP contribution is 2.05. The lowest BCUT2D eigenvalue weighted by atomic mass is 10.3. The van der Waals surface area contributed by atoms with Crippen LogP contribution in [0.4, 0.5) is 5.69 Å². The van der Waals surface area contributed by atoms with Crippen LogP contribution in [0.1, 0.15) is 5.56 Å². The molecule has 0 saturated heterocycles. The Balaban J connectivity index is 0.00000225. The number of halogens is 1. The fourth-order valence-electron chi connectivity index (χ4n) is 1.31. The first kappa shape index (κ1) is 14.7. The monoisotopic (exact) mass is 245 g/mol. The van der Waals surface area contributed by atoms with Crippen LogP contribution in [0.2, 0.25) is 0 Å². The van der Waals surface area contributed by atoms with Crippen LogP contribution in [-0.2, 0) is 11.8 Å². The standard InChI is InChI=1S/C10H15N3O2.ClH/c1-7-4-8(6-13(3)10(7)15)12-9(14)5-11-2;/h4,6,11H,5H2,1-3H3,(H,12,14);1H. The average Bonchev–Trinajstić information content (AvgIpc) is 2.14. The van der Waals surface area contributed by atoms with E-state index in [0.29, 0.717) is 11.3 Å². The van der Waals surface area contributed by atoms with Crippen LogP contribution < -0.4 is 16.2 Å². The molecule has 0 aliphatic rings. The fourth-order valence-corrected chi connectivity index (χ4v) is 1.31. The number of carbonyl (C=O) groups excluding carboxylic acids is 1. The number of rotatable bonds is 3. The van der Waals surface area contributed by atoms with E-state index in [4.69, 9.17) is 0 Å². The molecule has 0 bridgehead atoms. The predicted molar refractivity (Wildman–Crippen MR) is 66.2 cm³/mol. The lowest BCUT2D eigenvalue weighted by molar-refractivity contribution is -0.115. The molecule has 1 aromatic heterocycles. The lowest BCUT2D eigenvalue weighted by Gasteiger charge is -2.07. The van der Waals surface area contributed by atoms with Gasteiger partial charge >= 0.3 is 0 Å². The molecule has 1 rings (SSSR count). The van der Waals surface area contributed by atoms with Gasteiger partial charge in [0.2, 0.25) is 5.91 Å². The van der Waals surface area contributed by atoms with E-state index < -0.39 is 0 Å². The molecule has 5 nitrogen and oxygen atoms in total. The molecule has 0 unspecified atom stereocenters. The number of hydrogen-bond acceptors (Lipinski definition) is 3. The summed E-state index contributed by atoms with van der Waals surface area (Å²) >= 11 is 0. The van der Waals surface area contributed by atoms with Crippen LogP contribution in [0.5, 0.6) is 0 Å². The van der Waals surface area contributed by atoms with Crippen molar-refractivity contribution in [3.05, 3.63) is 28.2 Å². The quantitative estimate of drug-likeness (QED) is 0.804. The number of pyridine rings is 1. The van der Waals surface area contributed by atoms with Gasteiger partial charge in [-0.15, -0.1) is 12.4 Å². The third-order valence-corrected chi connectivity index (χ3v) is 1.98. The largest absolute Gasteiger partial charge is 0.324 e. The maximum atomic E-state index is 11.4. The first-order valence-corrected chi connectivity index (χ1v) is 4.66. The van der Waals surface area contributed by atoms with Crippen molar-refractivity contribution in [1.82, 2.24) is 9.88 Å².